The van der Waals surface area contributed by atoms with Crippen LogP contribution in [0.25, 0.3) is 11.1 Å². The number of esters is 2. The highest BCUT2D eigenvalue weighted by atomic mass is 31.0. The number of nitrogens with zero attached hydrogens (tertiary/aromatic N) is 2. The summed E-state index contributed by atoms with van der Waals surface area (Å²) in [4.78, 5) is 49.2. The van der Waals surface area contributed by atoms with Gasteiger partial charge in [-0.15, -0.1) is 0 Å². The molecule has 0 bridgehead atoms. The zero-order valence-electron chi connectivity index (χ0n) is 19.9. The van der Waals surface area contributed by atoms with Gasteiger partial charge in [0.25, 0.3) is 0 Å². The van der Waals surface area contributed by atoms with Gasteiger partial charge in [-0.2, -0.15) is 0 Å². The molecule has 10 heteroatoms. The SMILES string of the molecule is O=C(COC(=O)C1CCCN1P)c1ccc(-c2ccc(C(=O)COC(=O)C3CCCN3P)cc2)cc1. The highest BCUT2D eigenvalue weighted by molar-refractivity contribution is 7.13. The first-order valence-electron chi connectivity index (χ1n) is 12.0. The molecule has 2 aliphatic rings. The number of rotatable bonds is 9. The molecule has 2 aliphatic heterocycles. The molecule has 8 nitrogen and oxygen atoms in total. The minimum atomic E-state index is -0.373. The highest BCUT2D eigenvalue weighted by Crippen LogP contribution is 2.24. The Morgan fingerprint density at radius 3 is 1.33 bits per heavy atom. The maximum absolute atomic E-state index is 12.5. The molecule has 0 amide bonds. The second-order valence-electron chi connectivity index (χ2n) is 9.01. The Balaban J connectivity index is 1.28. The normalized spacial score (nSPS) is 20.3. The summed E-state index contributed by atoms with van der Waals surface area (Å²) in [7, 11) is 5.05. The largest absolute Gasteiger partial charge is 0.456 e. The lowest BCUT2D eigenvalue weighted by Gasteiger charge is -2.17. The molecule has 4 rings (SSSR count). The van der Waals surface area contributed by atoms with Gasteiger partial charge < -0.3 is 9.47 Å². The maximum Gasteiger partial charge on any atom is 0.324 e. The molecule has 0 spiro atoms. The molecule has 2 heterocycles. The first-order valence-corrected chi connectivity index (χ1v) is 13.0. The Morgan fingerprint density at radius 2 is 1.03 bits per heavy atom. The fourth-order valence-electron chi connectivity index (χ4n) is 4.41. The van der Waals surface area contributed by atoms with Crippen LogP contribution >= 0.6 is 18.8 Å². The predicted molar refractivity (Wildman–Crippen MR) is 141 cm³/mol. The average Bonchev–Trinajstić information content (AvgIpc) is 3.53. The minimum Gasteiger partial charge on any atom is -0.456 e. The van der Waals surface area contributed by atoms with Gasteiger partial charge in [0, 0.05) is 24.2 Å². The molecule has 0 N–H and O–H groups in total. The first kappa shape index (κ1) is 26.6. The van der Waals surface area contributed by atoms with Gasteiger partial charge in [0.2, 0.25) is 0 Å². The number of hydrogen-bond donors (Lipinski definition) is 0. The number of hydrogen-bond acceptors (Lipinski definition) is 8. The summed E-state index contributed by atoms with van der Waals surface area (Å²) >= 11 is 0. The molecule has 0 radical (unpaired) electrons. The molecule has 0 aromatic heterocycles. The Bertz CT molecular complexity index is 1030. The van der Waals surface area contributed by atoms with Gasteiger partial charge in [0.05, 0.1) is 0 Å². The average molecular weight is 528 g/mol. The van der Waals surface area contributed by atoms with Crippen molar-refractivity contribution >= 4 is 42.3 Å². The van der Waals surface area contributed by atoms with Gasteiger partial charge in [-0.3, -0.25) is 28.5 Å². The van der Waals surface area contributed by atoms with Gasteiger partial charge in [-0.25, -0.2) is 0 Å². The van der Waals surface area contributed by atoms with Crippen LogP contribution in [0.1, 0.15) is 46.4 Å². The monoisotopic (exact) mass is 528 g/mol. The third-order valence-corrected chi connectivity index (χ3v) is 7.81. The molecule has 2 fully saturated rings. The molecule has 2 aromatic carbocycles. The lowest BCUT2D eigenvalue weighted by Crippen LogP contribution is -2.32. The lowest BCUT2D eigenvalue weighted by molar-refractivity contribution is -0.146. The van der Waals surface area contributed by atoms with E-state index in [9.17, 15) is 19.2 Å². The Morgan fingerprint density at radius 1 is 0.667 bits per heavy atom. The fourth-order valence-corrected chi connectivity index (χ4v) is 5.32. The maximum atomic E-state index is 12.5. The van der Waals surface area contributed by atoms with Crippen LogP contribution in [0.3, 0.4) is 0 Å². The zero-order valence-corrected chi connectivity index (χ0v) is 22.2. The summed E-state index contributed by atoms with van der Waals surface area (Å²) < 4.78 is 14.2. The van der Waals surface area contributed by atoms with Crippen LogP contribution < -0.4 is 0 Å². The van der Waals surface area contributed by atoms with Gasteiger partial charge in [-0.05, 0) is 36.8 Å². The third kappa shape index (κ3) is 6.43. The van der Waals surface area contributed by atoms with E-state index in [1.165, 1.54) is 0 Å². The smallest absolute Gasteiger partial charge is 0.324 e. The second kappa shape index (κ2) is 12.2. The first-order chi connectivity index (χ1) is 17.3. The van der Waals surface area contributed by atoms with Crippen LogP contribution in [0, 0.1) is 0 Å². The molecular weight excluding hydrogens is 498 g/mol. The van der Waals surface area contributed by atoms with Crippen molar-refractivity contribution in [2.24, 2.45) is 0 Å². The van der Waals surface area contributed by atoms with E-state index in [-0.39, 0.29) is 48.8 Å². The summed E-state index contributed by atoms with van der Waals surface area (Å²) in [5, 5.41) is 0. The van der Waals surface area contributed by atoms with Crippen molar-refractivity contribution in [2.45, 2.75) is 37.8 Å². The summed E-state index contributed by atoms with van der Waals surface area (Å²) in [5.41, 5.74) is 2.67. The van der Waals surface area contributed by atoms with E-state index in [0.717, 1.165) is 49.9 Å². The molecule has 0 saturated carbocycles. The molecular formula is C26H30N2O6P2. The van der Waals surface area contributed by atoms with E-state index in [1.54, 1.807) is 24.3 Å². The van der Waals surface area contributed by atoms with E-state index >= 15 is 0 Å². The van der Waals surface area contributed by atoms with Crippen molar-refractivity contribution in [3.05, 3.63) is 59.7 Å². The van der Waals surface area contributed by atoms with E-state index in [0.29, 0.717) is 11.1 Å². The van der Waals surface area contributed by atoms with Crippen LogP contribution in [0.5, 0.6) is 0 Å². The molecule has 190 valence electrons. The van der Waals surface area contributed by atoms with E-state index in [2.05, 4.69) is 18.8 Å². The van der Waals surface area contributed by atoms with Gasteiger partial charge in [-0.1, -0.05) is 67.3 Å². The molecule has 4 atom stereocenters. The quantitative estimate of drug-likeness (QED) is 0.278. The Hall–Kier alpha value is -2.50. The summed E-state index contributed by atoms with van der Waals surface area (Å²) in [5.74, 6) is -1.27. The molecule has 0 aliphatic carbocycles. The van der Waals surface area contributed by atoms with Crippen molar-refractivity contribution in [2.75, 3.05) is 26.3 Å². The number of ketones is 2. The molecule has 36 heavy (non-hydrogen) atoms. The number of benzene rings is 2. The van der Waals surface area contributed by atoms with Crippen molar-refractivity contribution in [1.82, 2.24) is 9.34 Å². The number of carbonyl (C=O) groups is 4. The number of carbonyl (C=O) groups excluding carboxylic acids is 4. The van der Waals surface area contributed by atoms with Gasteiger partial charge >= 0.3 is 11.9 Å². The molecule has 2 aromatic rings. The second-order valence-corrected chi connectivity index (χ2v) is 10.3. The summed E-state index contributed by atoms with van der Waals surface area (Å²) in [6.07, 6.45) is 3.33. The lowest BCUT2D eigenvalue weighted by atomic mass is 10.0. The summed E-state index contributed by atoms with van der Waals surface area (Å²) in [6.45, 7) is 1.06. The molecule has 2 saturated heterocycles. The fraction of sp³-hybridized carbons (Fsp3) is 0.385. The van der Waals surface area contributed by atoms with Crippen molar-refractivity contribution < 1.29 is 28.7 Å². The number of Topliss-reactive ketones (excluding diaryl/α,β-unsaturated/α-hetero) is 2. The van der Waals surface area contributed by atoms with Gasteiger partial charge in [0.1, 0.15) is 12.1 Å². The molecule has 4 unspecified atom stereocenters. The van der Waals surface area contributed by atoms with Crippen molar-refractivity contribution in [1.29, 1.82) is 0 Å². The van der Waals surface area contributed by atoms with E-state index in [1.807, 2.05) is 33.6 Å². The van der Waals surface area contributed by atoms with Crippen LogP contribution in [0.2, 0.25) is 0 Å². The van der Waals surface area contributed by atoms with Crippen LogP contribution in [-0.2, 0) is 19.1 Å². The van der Waals surface area contributed by atoms with E-state index < -0.39 is 0 Å². The number of ether oxygens (including phenoxy) is 2. The zero-order chi connectivity index (χ0) is 25.7. The minimum absolute atomic E-state index is 0.263. The van der Waals surface area contributed by atoms with Crippen LogP contribution in [-0.4, -0.2) is 71.2 Å². The predicted octanol–water partition coefficient (Wildman–Crippen LogP) is 3.31. The third-order valence-electron chi connectivity index (χ3n) is 6.57. The van der Waals surface area contributed by atoms with Crippen LogP contribution in [0.4, 0.5) is 0 Å². The van der Waals surface area contributed by atoms with E-state index in [4.69, 9.17) is 9.47 Å². The van der Waals surface area contributed by atoms with Crippen LogP contribution in [0.15, 0.2) is 48.5 Å². The van der Waals surface area contributed by atoms with Crippen molar-refractivity contribution in [3.63, 3.8) is 0 Å². The highest BCUT2D eigenvalue weighted by Gasteiger charge is 2.30. The Labute approximate surface area is 215 Å². The standard InChI is InChI=1S/C26H30N2O6P2/c29-23(15-33-25(31)21-3-1-13-27(21)35)19-9-5-17(6-10-19)18-7-11-20(12-8-18)24(30)16-34-26(32)22-4-2-14-28(22)36/h5-12,21-22H,1-4,13-16,35-36H2. The Kier molecular flexibility index (Phi) is 8.97. The van der Waals surface area contributed by atoms with Gasteiger partial charge in [0.15, 0.2) is 24.8 Å². The summed E-state index contributed by atoms with van der Waals surface area (Å²) in [6, 6.07) is 13.4. The van der Waals surface area contributed by atoms with Crippen molar-refractivity contribution in [3.8, 4) is 11.1 Å². The topological polar surface area (TPSA) is 93.2 Å².